The van der Waals surface area contributed by atoms with Crippen LogP contribution in [0.15, 0.2) is 72.8 Å². The predicted molar refractivity (Wildman–Crippen MR) is 114 cm³/mol. The Balaban J connectivity index is 1.46. The maximum Gasteiger partial charge on any atom is 0.231 e. The first-order valence-corrected chi connectivity index (χ1v) is 10.6. The second-order valence-corrected chi connectivity index (χ2v) is 8.38. The lowest BCUT2D eigenvalue weighted by molar-refractivity contribution is -0.132. The number of nitrogens with zero attached hydrogens (tertiary/aromatic N) is 1. The van der Waals surface area contributed by atoms with Gasteiger partial charge in [-0.1, -0.05) is 60.7 Å². The number of Topliss-reactive ketones (excluding diaryl/α,β-unsaturated/α-hetero) is 1. The monoisotopic (exact) mass is 411 g/mol. The molecule has 5 heteroatoms. The van der Waals surface area contributed by atoms with Gasteiger partial charge in [0.15, 0.2) is 17.3 Å². The van der Waals surface area contributed by atoms with Crippen LogP contribution in [0.4, 0.5) is 0 Å². The molecule has 1 fully saturated rings. The van der Waals surface area contributed by atoms with Gasteiger partial charge < -0.3 is 14.4 Å². The van der Waals surface area contributed by atoms with Gasteiger partial charge in [0.2, 0.25) is 12.7 Å². The Morgan fingerprint density at radius 3 is 2.29 bits per heavy atom. The number of amides is 1. The minimum Gasteiger partial charge on any atom is -0.454 e. The molecule has 2 aliphatic heterocycles. The molecule has 31 heavy (non-hydrogen) atoms. The molecule has 1 aliphatic carbocycles. The summed E-state index contributed by atoms with van der Waals surface area (Å²) in [7, 11) is 0. The van der Waals surface area contributed by atoms with Crippen molar-refractivity contribution >= 4 is 11.7 Å². The minimum atomic E-state index is -0.411. The van der Waals surface area contributed by atoms with Gasteiger partial charge in [-0.05, 0) is 28.8 Å². The summed E-state index contributed by atoms with van der Waals surface area (Å²) in [5.41, 5.74) is 3.61. The number of carbonyl (C=O) groups excluding carboxylic acids is 2. The number of rotatable bonds is 3. The molecule has 2 heterocycles. The molecule has 5 nitrogen and oxygen atoms in total. The first-order chi connectivity index (χ1) is 15.2. The lowest BCUT2D eigenvalue weighted by atomic mass is 9.67. The fourth-order valence-electron chi connectivity index (χ4n) is 5.26. The molecular formula is C26H21NO4. The Bertz CT molecular complexity index is 1170. The summed E-state index contributed by atoms with van der Waals surface area (Å²) >= 11 is 0. The van der Waals surface area contributed by atoms with E-state index in [0.717, 1.165) is 16.7 Å². The maximum absolute atomic E-state index is 13.6. The molecule has 0 unspecified atom stereocenters. The highest BCUT2D eigenvalue weighted by atomic mass is 16.7. The Kier molecular flexibility index (Phi) is 4.10. The predicted octanol–water partition coefficient (Wildman–Crippen LogP) is 4.02. The van der Waals surface area contributed by atoms with Crippen molar-refractivity contribution in [1.29, 1.82) is 0 Å². The third kappa shape index (κ3) is 2.84. The first kappa shape index (κ1) is 18.2. The maximum atomic E-state index is 13.6. The molecule has 0 saturated carbocycles. The highest BCUT2D eigenvalue weighted by Gasteiger charge is 2.53. The highest BCUT2D eigenvalue weighted by Crippen LogP contribution is 2.50. The number of ether oxygens (including phenoxy) is 2. The second-order valence-electron chi connectivity index (χ2n) is 8.38. The third-order valence-electron chi connectivity index (χ3n) is 6.66. The number of benzene rings is 3. The smallest absolute Gasteiger partial charge is 0.231 e. The van der Waals surface area contributed by atoms with E-state index in [1.54, 1.807) is 6.07 Å². The molecule has 3 aromatic rings. The summed E-state index contributed by atoms with van der Waals surface area (Å²) in [6, 6.07) is 23.6. The van der Waals surface area contributed by atoms with Crippen LogP contribution in [0, 0.1) is 11.8 Å². The van der Waals surface area contributed by atoms with Gasteiger partial charge in [-0.15, -0.1) is 0 Å². The molecule has 6 rings (SSSR count). The molecule has 0 spiro atoms. The summed E-state index contributed by atoms with van der Waals surface area (Å²) < 4.78 is 11.1. The number of likely N-dealkylation sites (tertiary alicyclic amines) is 1. The molecule has 0 bridgehead atoms. The minimum absolute atomic E-state index is 0.0226. The van der Waals surface area contributed by atoms with Crippen molar-refractivity contribution in [2.75, 3.05) is 13.3 Å². The fourth-order valence-corrected chi connectivity index (χ4v) is 5.26. The molecule has 3 aliphatic rings. The van der Waals surface area contributed by atoms with Crippen LogP contribution in [0.2, 0.25) is 0 Å². The summed E-state index contributed by atoms with van der Waals surface area (Å²) in [6.07, 6.45) is 0. The molecule has 3 atom stereocenters. The molecule has 1 saturated heterocycles. The van der Waals surface area contributed by atoms with E-state index < -0.39 is 5.92 Å². The average molecular weight is 411 g/mol. The number of fused-ring (bicyclic) bond motifs is 3. The number of carbonyl (C=O) groups is 2. The van der Waals surface area contributed by atoms with E-state index in [2.05, 4.69) is 0 Å². The largest absolute Gasteiger partial charge is 0.454 e. The van der Waals surface area contributed by atoms with E-state index in [0.29, 0.717) is 30.2 Å². The van der Waals surface area contributed by atoms with E-state index in [-0.39, 0.29) is 30.3 Å². The van der Waals surface area contributed by atoms with Crippen LogP contribution in [0.3, 0.4) is 0 Å². The van der Waals surface area contributed by atoms with E-state index in [4.69, 9.17) is 9.47 Å². The topological polar surface area (TPSA) is 55.8 Å². The van der Waals surface area contributed by atoms with Crippen LogP contribution >= 0.6 is 0 Å². The summed E-state index contributed by atoms with van der Waals surface area (Å²) in [4.78, 5) is 29.0. The van der Waals surface area contributed by atoms with Gasteiger partial charge in [0, 0.05) is 24.6 Å². The summed E-state index contributed by atoms with van der Waals surface area (Å²) in [6.45, 7) is 1.11. The summed E-state index contributed by atoms with van der Waals surface area (Å²) in [5.74, 6) is 0.330. The fraction of sp³-hybridized carbons (Fsp3) is 0.231. The van der Waals surface area contributed by atoms with Crippen LogP contribution in [0.1, 0.15) is 33.0 Å². The molecule has 0 radical (unpaired) electrons. The highest BCUT2D eigenvalue weighted by molar-refractivity contribution is 6.06. The van der Waals surface area contributed by atoms with Gasteiger partial charge in [-0.3, -0.25) is 9.59 Å². The SMILES string of the molecule is O=C1c2cc3c(cc2[C@@H](c2ccccc2)[C@H]2C(=O)N(Cc4ccccc4)C[C@@H]12)OCO3. The van der Waals surface area contributed by atoms with Gasteiger partial charge in [0.05, 0.1) is 11.8 Å². The standard InChI is InChI=1S/C26H21NO4/c28-25-19-12-22-21(30-15-31-22)11-18(19)23(17-9-5-2-6-10-17)24-20(25)14-27(26(24)29)13-16-7-3-1-4-8-16/h1-12,20,23-24H,13-15H2/t20-,23-,24+/m1/s1. The molecule has 0 N–H and O–H groups in total. The number of hydrogen-bond donors (Lipinski definition) is 0. The van der Waals surface area contributed by atoms with Crippen molar-refractivity contribution in [2.24, 2.45) is 11.8 Å². The normalized spacial score (nSPS) is 23.6. The summed E-state index contributed by atoms with van der Waals surface area (Å²) in [5, 5.41) is 0. The van der Waals surface area contributed by atoms with Gasteiger partial charge in [-0.2, -0.15) is 0 Å². The lowest BCUT2D eigenvalue weighted by Gasteiger charge is -2.33. The van der Waals surface area contributed by atoms with Gasteiger partial charge in [0.25, 0.3) is 0 Å². The van der Waals surface area contributed by atoms with E-state index in [9.17, 15) is 9.59 Å². The van der Waals surface area contributed by atoms with Crippen molar-refractivity contribution in [1.82, 2.24) is 4.90 Å². The Labute approximate surface area is 180 Å². The van der Waals surface area contributed by atoms with Crippen molar-refractivity contribution in [2.45, 2.75) is 12.5 Å². The lowest BCUT2D eigenvalue weighted by Crippen LogP contribution is -2.36. The van der Waals surface area contributed by atoms with Crippen LogP contribution < -0.4 is 9.47 Å². The van der Waals surface area contributed by atoms with Gasteiger partial charge in [0.1, 0.15) is 0 Å². The van der Waals surface area contributed by atoms with E-state index in [1.165, 1.54) is 0 Å². The van der Waals surface area contributed by atoms with Crippen LogP contribution in [0.5, 0.6) is 11.5 Å². The van der Waals surface area contributed by atoms with Gasteiger partial charge >= 0.3 is 0 Å². The van der Waals surface area contributed by atoms with Crippen molar-refractivity contribution in [3.63, 3.8) is 0 Å². The zero-order chi connectivity index (χ0) is 20.9. The Hall–Kier alpha value is -3.60. The molecule has 1 amide bonds. The van der Waals surface area contributed by atoms with E-state index >= 15 is 0 Å². The quantitative estimate of drug-likeness (QED) is 0.653. The van der Waals surface area contributed by atoms with Crippen molar-refractivity contribution in [3.05, 3.63) is 95.1 Å². The first-order valence-electron chi connectivity index (χ1n) is 10.6. The molecule has 3 aromatic carbocycles. The molecule has 154 valence electrons. The average Bonchev–Trinajstić information content (AvgIpc) is 3.39. The molecule has 0 aromatic heterocycles. The van der Waals surface area contributed by atoms with Crippen LogP contribution in [-0.2, 0) is 11.3 Å². The van der Waals surface area contributed by atoms with Gasteiger partial charge in [-0.25, -0.2) is 0 Å². The van der Waals surface area contributed by atoms with Crippen LogP contribution in [-0.4, -0.2) is 29.9 Å². The number of hydrogen-bond acceptors (Lipinski definition) is 4. The van der Waals surface area contributed by atoms with Crippen molar-refractivity contribution < 1.29 is 19.1 Å². The van der Waals surface area contributed by atoms with Crippen LogP contribution in [0.25, 0.3) is 0 Å². The number of ketones is 1. The third-order valence-corrected chi connectivity index (χ3v) is 6.66. The Morgan fingerprint density at radius 1 is 0.871 bits per heavy atom. The second kappa shape index (κ2) is 6.98. The Morgan fingerprint density at radius 2 is 1.55 bits per heavy atom. The zero-order valence-electron chi connectivity index (χ0n) is 16.9. The zero-order valence-corrected chi connectivity index (χ0v) is 16.9. The van der Waals surface area contributed by atoms with Crippen molar-refractivity contribution in [3.8, 4) is 11.5 Å². The molecular weight excluding hydrogens is 390 g/mol. The van der Waals surface area contributed by atoms with E-state index in [1.807, 2.05) is 71.6 Å².